The molecule has 0 spiro atoms. The number of carboxylic acids is 2. The first-order valence-electron chi connectivity index (χ1n) is 13.4. The standard InChI is InChI=1S/C30H36N2O2.2C2H4O2.Co/c1-19-13-23(29(3,4)5)15-21(27(19)33)17-31-25-11-9-10-12-26(25)32-18-22-16-24(30(6,7)8)14-20(2)28(22)34;2*1-2(3)4;/h9-18,33-34H,1-8H3;2*1H3,(H,3,4);/q;;;+2/p-2. The van der Waals surface area contributed by atoms with E-state index in [1.54, 1.807) is 12.4 Å². The van der Waals surface area contributed by atoms with Crippen LogP contribution < -0.4 is 10.2 Å². The average molecular weight is 634 g/mol. The smallest absolute Gasteiger partial charge is 0.550 e. The Morgan fingerprint density at radius 2 is 0.953 bits per heavy atom. The fourth-order valence-corrected chi connectivity index (χ4v) is 3.64. The molecule has 43 heavy (non-hydrogen) atoms. The van der Waals surface area contributed by atoms with Crippen molar-refractivity contribution in [3.63, 3.8) is 0 Å². The number of carbonyl (C=O) groups is 2. The second kappa shape index (κ2) is 16.6. The first-order chi connectivity index (χ1) is 19.2. The van der Waals surface area contributed by atoms with Crippen LogP contribution in [-0.4, -0.2) is 34.6 Å². The molecule has 3 aromatic carbocycles. The maximum atomic E-state index is 10.6. The van der Waals surface area contributed by atoms with Crippen LogP contribution in [0.5, 0.6) is 11.5 Å². The van der Waals surface area contributed by atoms with Gasteiger partial charge in [0.05, 0.1) is 11.4 Å². The molecular weight excluding hydrogens is 591 g/mol. The molecule has 0 unspecified atom stereocenters. The molecule has 0 saturated heterocycles. The molecule has 3 rings (SSSR count). The molecular formula is C34H42CoN2O6. The number of aryl methyl sites for hydroxylation is 2. The minimum Gasteiger partial charge on any atom is -0.550 e. The van der Waals surface area contributed by atoms with E-state index in [1.807, 2.05) is 62.4 Å². The number of phenolic OH excluding ortho intramolecular Hbond substituents is 2. The second-order valence-corrected chi connectivity index (χ2v) is 12.0. The molecule has 0 heterocycles. The van der Waals surface area contributed by atoms with Crippen molar-refractivity contribution in [1.82, 2.24) is 0 Å². The molecule has 8 nitrogen and oxygen atoms in total. The Balaban J connectivity index is 0.00000174. The predicted octanol–water partition coefficient (Wildman–Crippen LogP) is 5.32. The summed E-state index contributed by atoms with van der Waals surface area (Å²) in [5, 5.41) is 39.0. The van der Waals surface area contributed by atoms with Gasteiger partial charge in [-0.3, -0.25) is 9.98 Å². The number of hydrogen-bond donors (Lipinski definition) is 2. The van der Waals surface area contributed by atoms with E-state index in [4.69, 9.17) is 19.8 Å². The van der Waals surface area contributed by atoms with E-state index in [1.165, 1.54) is 0 Å². The van der Waals surface area contributed by atoms with Gasteiger partial charge in [0.2, 0.25) is 0 Å². The predicted molar refractivity (Wildman–Crippen MR) is 165 cm³/mol. The van der Waals surface area contributed by atoms with Crippen LogP contribution >= 0.6 is 0 Å². The average Bonchev–Trinajstić information content (AvgIpc) is 2.84. The van der Waals surface area contributed by atoms with E-state index in [2.05, 4.69) is 51.5 Å². The number of benzene rings is 3. The van der Waals surface area contributed by atoms with Gasteiger partial charge in [-0.1, -0.05) is 65.8 Å². The van der Waals surface area contributed by atoms with Crippen molar-refractivity contribution in [3.8, 4) is 11.5 Å². The van der Waals surface area contributed by atoms with Gasteiger partial charge in [-0.05, 0) is 85.0 Å². The molecule has 0 saturated carbocycles. The summed E-state index contributed by atoms with van der Waals surface area (Å²) in [6, 6.07) is 15.6. The Hall–Kier alpha value is -3.95. The maximum absolute atomic E-state index is 10.6. The van der Waals surface area contributed by atoms with Crippen LogP contribution in [0.3, 0.4) is 0 Å². The zero-order chi connectivity index (χ0) is 32.4. The topological polar surface area (TPSA) is 145 Å². The molecule has 0 aromatic heterocycles. The van der Waals surface area contributed by atoms with E-state index >= 15 is 0 Å². The van der Waals surface area contributed by atoms with Crippen LogP contribution in [0, 0.1) is 13.8 Å². The van der Waals surface area contributed by atoms with Crippen molar-refractivity contribution in [2.24, 2.45) is 9.98 Å². The first kappa shape index (κ1) is 39.0. The first-order valence-corrected chi connectivity index (χ1v) is 13.4. The van der Waals surface area contributed by atoms with Gasteiger partial charge in [0, 0.05) is 35.5 Å². The van der Waals surface area contributed by atoms with Gasteiger partial charge in [-0.2, -0.15) is 0 Å². The third kappa shape index (κ3) is 13.3. The SMILES string of the molecule is CC(=O)[O-].CC(=O)[O-].Cc1cc(C(C)(C)C)cc(C=Nc2ccccc2N=Cc2cc(C(C)(C)C)cc(C)c2O)c1O.[Co+2]. The third-order valence-corrected chi connectivity index (χ3v) is 5.96. The van der Waals surface area contributed by atoms with Crippen LogP contribution in [0.25, 0.3) is 0 Å². The van der Waals surface area contributed by atoms with Crippen LogP contribution in [0.4, 0.5) is 11.4 Å². The number of aliphatic imine (C=N–C) groups is 2. The summed E-state index contributed by atoms with van der Waals surface area (Å²) in [7, 11) is 0. The number of phenols is 2. The third-order valence-electron chi connectivity index (χ3n) is 5.96. The summed E-state index contributed by atoms with van der Waals surface area (Å²) >= 11 is 0. The minimum atomic E-state index is -1.08. The van der Waals surface area contributed by atoms with Crippen molar-refractivity contribution < 1.29 is 46.8 Å². The molecule has 1 radical (unpaired) electrons. The van der Waals surface area contributed by atoms with Gasteiger partial charge in [-0.25, -0.2) is 0 Å². The fourth-order valence-electron chi connectivity index (χ4n) is 3.64. The summed E-state index contributed by atoms with van der Waals surface area (Å²) in [4.78, 5) is 27.1. The van der Waals surface area contributed by atoms with E-state index in [9.17, 15) is 10.2 Å². The Kier molecular flexibility index (Phi) is 15.1. The largest absolute Gasteiger partial charge is 2.00 e. The quantitative estimate of drug-likeness (QED) is 0.372. The van der Waals surface area contributed by atoms with Crippen molar-refractivity contribution in [1.29, 1.82) is 0 Å². The fraction of sp³-hybridized carbons (Fsp3) is 0.353. The monoisotopic (exact) mass is 633 g/mol. The number of hydrogen-bond acceptors (Lipinski definition) is 8. The molecule has 0 aliphatic heterocycles. The van der Waals surface area contributed by atoms with Gasteiger partial charge in [-0.15, -0.1) is 0 Å². The molecule has 233 valence electrons. The summed E-state index contributed by atoms with van der Waals surface area (Å²) in [6.07, 6.45) is 3.38. The molecule has 0 amide bonds. The normalized spacial score (nSPS) is 11.2. The number of rotatable bonds is 4. The minimum absolute atomic E-state index is 0. The second-order valence-electron chi connectivity index (χ2n) is 12.0. The van der Waals surface area contributed by atoms with Crippen molar-refractivity contribution in [3.05, 3.63) is 81.9 Å². The van der Waals surface area contributed by atoms with Crippen molar-refractivity contribution in [2.75, 3.05) is 0 Å². The number of nitrogens with zero attached hydrogens (tertiary/aromatic N) is 2. The number of aliphatic carboxylic acids is 2. The Morgan fingerprint density at radius 3 is 1.21 bits per heavy atom. The molecule has 0 fully saturated rings. The van der Waals surface area contributed by atoms with Gasteiger partial charge in [0.1, 0.15) is 11.5 Å². The van der Waals surface area contributed by atoms with Crippen LogP contribution in [0.2, 0.25) is 0 Å². The summed E-state index contributed by atoms with van der Waals surface area (Å²) in [5.74, 6) is -1.70. The summed E-state index contributed by atoms with van der Waals surface area (Å²) in [5.41, 5.74) is 6.57. The van der Waals surface area contributed by atoms with E-state index in [-0.39, 0.29) is 39.1 Å². The molecule has 0 aliphatic rings. The van der Waals surface area contributed by atoms with E-state index in [0.29, 0.717) is 22.5 Å². The molecule has 3 aromatic rings. The van der Waals surface area contributed by atoms with Crippen LogP contribution in [0.15, 0.2) is 58.5 Å². The number of carboxylic acid groups (broad SMARTS) is 2. The zero-order valence-electron chi connectivity index (χ0n) is 26.5. The van der Waals surface area contributed by atoms with Crippen LogP contribution in [-0.2, 0) is 37.2 Å². The molecule has 2 N–H and O–H groups in total. The number of carbonyl (C=O) groups excluding carboxylic acids is 2. The van der Waals surface area contributed by atoms with E-state index in [0.717, 1.165) is 36.1 Å². The number of para-hydroxylation sites is 2. The zero-order valence-corrected chi connectivity index (χ0v) is 27.6. The van der Waals surface area contributed by atoms with Gasteiger partial charge < -0.3 is 30.0 Å². The molecule has 0 aliphatic carbocycles. The summed E-state index contributed by atoms with van der Waals surface area (Å²) in [6.45, 7) is 18.6. The molecule has 9 heteroatoms. The summed E-state index contributed by atoms with van der Waals surface area (Å²) < 4.78 is 0. The molecule has 0 atom stereocenters. The van der Waals surface area contributed by atoms with E-state index < -0.39 is 11.9 Å². The van der Waals surface area contributed by atoms with Gasteiger partial charge >= 0.3 is 16.8 Å². The Morgan fingerprint density at radius 1 is 0.674 bits per heavy atom. The number of aromatic hydroxyl groups is 2. The Labute approximate surface area is 265 Å². The van der Waals surface area contributed by atoms with Crippen LogP contribution in [0.1, 0.15) is 88.8 Å². The van der Waals surface area contributed by atoms with Gasteiger partial charge in [0.15, 0.2) is 0 Å². The van der Waals surface area contributed by atoms with Crippen molar-refractivity contribution >= 4 is 35.7 Å². The van der Waals surface area contributed by atoms with Crippen molar-refractivity contribution in [2.45, 2.75) is 80.1 Å². The van der Waals surface area contributed by atoms with Gasteiger partial charge in [0.25, 0.3) is 0 Å². The maximum Gasteiger partial charge on any atom is 2.00 e. The Bertz CT molecular complexity index is 1350. The molecule has 0 bridgehead atoms.